The summed E-state index contributed by atoms with van der Waals surface area (Å²) < 4.78 is 10.7. The third-order valence-corrected chi connectivity index (χ3v) is 4.31. The maximum absolute atomic E-state index is 12.2. The molecule has 5 nitrogen and oxygen atoms in total. The number of carbonyl (C=O) groups excluding carboxylic acids is 2. The van der Waals surface area contributed by atoms with E-state index in [1.807, 2.05) is 30.3 Å². The van der Waals surface area contributed by atoms with Gasteiger partial charge in [-0.15, -0.1) is 0 Å². The van der Waals surface area contributed by atoms with Gasteiger partial charge >= 0.3 is 5.97 Å². The van der Waals surface area contributed by atoms with E-state index in [2.05, 4.69) is 19.2 Å². The fourth-order valence-corrected chi connectivity index (χ4v) is 2.77. The predicted octanol–water partition coefficient (Wildman–Crippen LogP) is 4.68. The lowest BCUT2D eigenvalue weighted by Gasteiger charge is -2.18. The quantitative estimate of drug-likeness (QED) is 0.452. The highest BCUT2D eigenvalue weighted by Gasteiger charge is 2.15. The minimum atomic E-state index is -0.526. The third-order valence-electron chi connectivity index (χ3n) is 4.31. The molecule has 0 aliphatic rings. The Morgan fingerprint density at radius 1 is 0.964 bits per heavy atom. The average Bonchev–Trinajstić information content (AvgIpc) is 2.73. The van der Waals surface area contributed by atoms with E-state index in [1.54, 1.807) is 24.3 Å². The van der Waals surface area contributed by atoms with Crippen LogP contribution in [-0.2, 0) is 9.53 Å². The van der Waals surface area contributed by atoms with Crippen molar-refractivity contribution < 1.29 is 19.1 Å². The first-order chi connectivity index (χ1) is 13.6. The first-order valence-electron chi connectivity index (χ1n) is 9.88. The van der Waals surface area contributed by atoms with Gasteiger partial charge in [-0.1, -0.05) is 57.0 Å². The van der Waals surface area contributed by atoms with E-state index in [4.69, 9.17) is 9.47 Å². The molecule has 0 heterocycles. The number of amides is 1. The van der Waals surface area contributed by atoms with Gasteiger partial charge < -0.3 is 14.8 Å². The molecular weight excluding hydrogens is 354 g/mol. The molecule has 5 heteroatoms. The van der Waals surface area contributed by atoms with Gasteiger partial charge in [0, 0.05) is 0 Å². The van der Waals surface area contributed by atoms with Crippen LogP contribution < -0.4 is 10.1 Å². The van der Waals surface area contributed by atoms with Crippen molar-refractivity contribution in [3.8, 4) is 5.75 Å². The standard InChI is InChI=1S/C23H29NO4/c1-3-5-16-27-20-14-12-19(13-15-20)23(26)28-17-22(25)24-21(9-4-2)18-10-7-6-8-11-18/h6-8,10-15,21H,3-5,9,16-17H2,1-2H3,(H,24,25)/t21-/m1/s1. The molecule has 150 valence electrons. The van der Waals surface area contributed by atoms with Gasteiger partial charge in [-0.25, -0.2) is 4.79 Å². The van der Waals surface area contributed by atoms with Gasteiger partial charge in [-0.2, -0.15) is 0 Å². The summed E-state index contributed by atoms with van der Waals surface area (Å²) in [7, 11) is 0. The zero-order valence-electron chi connectivity index (χ0n) is 16.6. The Morgan fingerprint density at radius 2 is 1.68 bits per heavy atom. The van der Waals surface area contributed by atoms with Gasteiger partial charge in [0.2, 0.25) is 0 Å². The predicted molar refractivity (Wildman–Crippen MR) is 109 cm³/mol. The minimum absolute atomic E-state index is 0.0862. The van der Waals surface area contributed by atoms with Gasteiger partial charge in [0.1, 0.15) is 5.75 Å². The van der Waals surface area contributed by atoms with Crippen molar-refractivity contribution in [2.24, 2.45) is 0 Å². The van der Waals surface area contributed by atoms with Crippen LogP contribution in [-0.4, -0.2) is 25.1 Å². The van der Waals surface area contributed by atoms with Crippen LogP contribution in [0.5, 0.6) is 5.75 Å². The zero-order valence-corrected chi connectivity index (χ0v) is 16.6. The summed E-state index contributed by atoms with van der Waals surface area (Å²) in [5.74, 6) is -0.120. The van der Waals surface area contributed by atoms with Crippen molar-refractivity contribution in [2.75, 3.05) is 13.2 Å². The monoisotopic (exact) mass is 383 g/mol. The summed E-state index contributed by atoms with van der Waals surface area (Å²) in [4.78, 5) is 24.4. The Balaban J connectivity index is 1.83. The van der Waals surface area contributed by atoms with Crippen LogP contribution in [0.4, 0.5) is 0 Å². The number of nitrogens with one attached hydrogen (secondary N) is 1. The SMILES string of the molecule is CCCCOc1ccc(C(=O)OCC(=O)N[C@H](CCC)c2ccccc2)cc1. The van der Waals surface area contributed by atoms with Crippen LogP contribution in [0.3, 0.4) is 0 Å². The van der Waals surface area contributed by atoms with Gasteiger partial charge in [0.25, 0.3) is 5.91 Å². The van der Waals surface area contributed by atoms with Crippen LogP contribution in [0.1, 0.15) is 61.5 Å². The summed E-state index contributed by atoms with van der Waals surface area (Å²) in [5, 5.41) is 2.94. The average molecular weight is 383 g/mol. The Morgan fingerprint density at radius 3 is 2.32 bits per heavy atom. The fourth-order valence-electron chi connectivity index (χ4n) is 2.77. The van der Waals surface area contributed by atoms with Crippen LogP contribution in [0.15, 0.2) is 54.6 Å². The summed E-state index contributed by atoms with van der Waals surface area (Å²) >= 11 is 0. The number of esters is 1. The lowest BCUT2D eigenvalue weighted by Crippen LogP contribution is -2.32. The molecule has 1 atom stereocenters. The van der Waals surface area contributed by atoms with Crippen LogP contribution in [0, 0.1) is 0 Å². The summed E-state index contributed by atoms with van der Waals surface area (Å²) in [5.41, 5.74) is 1.44. The second-order valence-corrected chi connectivity index (χ2v) is 6.62. The lowest BCUT2D eigenvalue weighted by atomic mass is 10.0. The van der Waals surface area contributed by atoms with E-state index >= 15 is 0 Å². The molecule has 0 aromatic heterocycles. The van der Waals surface area contributed by atoms with Crippen LogP contribution >= 0.6 is 0 Å². The molecule has 0 spiro atoms. The van der Waals surface area contributed by atoms with Crippen molar-refractivity contribution in [2.45, 2.75) is 45.6 Å². The molecule has 2 aromatic rings. The molecule has 1 N–H and O–H groups in total. The maximum Gasteiger partial charge on any atom is 0.338 e. The highest BCUT2D eigenvalue weighted by molar-refractivity contribution is 5.91. The number of ether oxygens (including phenoxy) is 2. The summed E-state index contributed by atoms with van der Waals surface area (Å²) in [6, 6.07) is 16.5. The van der Waals surface area contributed by atoms with Crippen molar-refractivity contribution >= 4 is 11.9 Å². The largest absolute Gasteiger partial charge is 0.494 e. The van der Waals surface area contributed by atoms with E-state index in [-0.39, 0.29) is 18.6 Å². The second-order valence-electron chi connectivity index (χ2n) is 6.62. The van der Waals surface area contributed by atoms with Crippen molar-refractivity contribution in [3.05, 3.63) is 65.7 Å². The normalized spacial score (nSPS) is 11.5. The van der Waals surface area contributed by atoms with Crippen LogP contribution in [0.25, 0.3) is 0 Å². The Labute approximate surface area is 167 Å². The molecule has 0 radical (unpaired) electrons. The molecule has 1 amide bonds. The Hall–Kier alpha value is -2.82. The molecule has 2 rings (SSSR count). The Bertz CT molecular complexity index is 728. The maximum atomic E-state index is 12.2. The highest BCUT2D eigenvalue weighted by atomic mass is 16.5. The van der Waals surface area contributed by atoms with E-state index in [9.17, 15) is 9.59 Å². The van der Waals surface area contributed by atoms with Gasteiger partial charge in [0.05, 0.1) is 18.2 Å². The van der Waals surface area contributed by atoms with E-state index in [0.717, 1.165) is 31.2 Å². The topological polar surface area (TPSA) is 64.6 Å². The molecular formula is C23H29NO4. The number of hydrogen-bond acceptors (Lipinski definition) is 4. The molecule has 0 aliphatic carbocycles. The number of hydrogen-bond donors (Lipinski definition) is 1. The molecule has 0 aliphatic heterocycles. The van der Waals surface area contributed by atoms with Crippen molar-refractivity contribution in [1.29, 1.82) is 0 Å². The minimum Gasteiger partial charge on any atom is -0.494 e. The zero-order chi connectivity index (χ0) is 20.2. The third kappa shape index (κ3) is 7.06. The Kier molecular flexibility index (Phi) is 9.05. The molecule has 0 saturated carbocycles. The second kappa shape index (κ2) is 11.8. The number of unbranched alkanes of at least 4 members (excludes halogenated alkanes) is 1. The first kappa shape index (κ1) is 21.5. The van der Waals surface area contributed by atoms with E-state index < -0.39 is 5.97 Å². The lowest BCUT2D eigenvalue weighted by molar-refractivity contribution is -0.125. The molecule has 0 saturated heterocycles. The molecule has 0 bridgehead atoms. The van der Waals surface area contributed by atoms with Crippen molar-refractivity contribution in [3.63, 3.8) is 0 Å². The van der Waals surface area contributed by atoms with Gasteiger partial charge in [-0.3, -0.25) is 4.79 Å². The smallest absolute Gasteiger partial charge is 0.338 e. The van der Waals surface area contributed by atoms with Crippen LogP contribution in [0.2, 0.25) is 0 Å². The van der Waals surface area contributed by atoms with E-state index in [1.165, 1.54) is 0 Å². The van der Waals surface area contributed by atoms with Crippen molar-refractivity contribution in [1.82, 2.24) is 5.32 Å². The van der Waals surface area contributed by atoms with E-state index in [0.29, 0.717) is 17.9 Å². The number of rotatable bonds is 11. The molecule has 0 unspecified atom stereocenters. The molecule has 0 fully saturated rings. The first-order valence-corrected chi connectivity index (χ1v) is 9.88. The number of carbonyl (C=O) groups is 2. The van der Waals surface area contributed by atoms with Gasteiger partial charge in [0.15, 0.2) is 6.61 Å². The summed E-state index contributed by atoms with van der Waals surface area (Å²) in [6.45, 7) is 4.52. The molecule has 28 heavy (non-hydrogen) atoms. The summed E-state index contributed by atoms with van der Waals surface area (Å²) in [6.07, 6.45) is 3.81. The van der Waals surface area contributed by atoms with Gasteiger partial charge in [-0.05, 0) is 42.7 Å². The highest BCUT2D eigenvalue weighted by Crippen LogP contribution is 2.18. The fraction of sp³-hybridized carbons (Fsp3) is 0.391. The molecule has 2 aromatic carbocycles. The number of benzene rings is 2.